The minimum Gasteiger partial charge on any atom is -0.0654 e. The summed E-state index contributed by atoms with van der Waals surface area (Å²) < 4.78 is 0. The molecule has 5 aliphatic rings. The smallest absolute Gasteiger partial charge is 0.0287 e. The van der Waals surface area contributed by atoms with Crippen LogP contribution in [0.25, 0.3) is 0 Å². The second-order valence-electron chi connectivity index (χ2n) is 14.9. The van der Waals surface area contributed by atoms with Crippen LogP contribution in [0.4, 0.5) is 0 Å². The average molecular weight is 469 g/mol. The lowest BCUT2D eigenvalue weighted by Gasteiger charge is -2.62. The second-order valence-corrected chi connectivity index (χ2v) is 14.9. The summed E-state index contributed by atoms with van der Waals surface area (Å²) in [5.41, 5.74) is 1.64. The SMILES string of the molecule is CCCCCC1CCC(C2CCC3(CC2)CC2(CCC(C4CCC(CCC)CC4)CC2)C3)CC1. The van der Waals surface area contributed by atoms with E-state index in [0.717, 1.165) is 46.3 Å². The molecule has 0 atom stereocenters. The Balaban J connectivity index is 0.993. The molecule has 0 unspecified atom stereocenters. The van der Waals surface area contributed by atoms with E-state index in [4.69, 9.17) is 0 Å². The highest BCUT2D eigenvalue weighted by molar-refractivity contribution is 5.07. The van der Waals surface area contributed by atoms with Crippen molar-refractivity contribution in [3.05, 3.63) is 0 Å². The molecular weight excluding hydrogens is 408 g/mol. The van der Waals surface area contributed by atoms with Gasteiger partial charge in [0, 0.05) is 0 Å². The highest BCUT2D eigenvalue weighted by Gasteiger charge is 2.56. The van der Waals surface area contributed by atoms with Gasteiger partial charge in [0.2, 0.25) is 0 Å². The Morgan fingerprint density at radius 1 is 0.441 bits per heavy atom. The van der Waals surface area contributed by atoms with Gasteiger partial charge in [-0.1, -0.05) is 78.1 Å². The molecule has 0 saturated heterocycles. The van der Waals surface area contributed by atoms with Crippen molar-refractivity contribution >= 4 is 0 Å². The molecule has 34 heavy (non-hydrogen) atoms. The van der Waals surface area contributed by atoms with Gasteiger partial charge in [-0.3, -0.25) is 0 Å². The maximum atomic E-state index is 2.38. The molecule has 0 aromatic rings. The second kappa shape index (κ2) is 11.6. The van der Waals surface area contributed by atoms with Crippen LogP contribution < -0.4 is 0 Å². The minimum atomic E-state index is 0.818. The van der Waals surface area contributed by atoms with Crippen LogP contribution >= 0.6 is 0 Å². The van der Waals surface area contributed by atoms with Gasteiger partial charge in [0.1, 0.15) is 0 Å². The van der Waals surface area contributed by atoms with Crippen molar-refractivity contribution < 1.29 is 0 Å². The molecule has 2 spiro atoms. The van der Waals surface area contributed by atoms with E-state index < -0.39 is 0 Å². The van der Waals surface area contributed by atoms with Crippen molar-refractivity contribution in [3.8, 4) is 0 Å². The maximum Gasteiger partial charge on any atom is -0.0287 e. The Kier molecular flexibility index (Phi) is 8.74. The van der Waals surface area contributed by atoms with Gasteiger partial charge in [-0.05, 0) is 136 Å². The van der Waals surface area contributed by atoms with Crippen molar-refractivity contribution in [3.63, 3.8) is 0 Å². The van der Waals surface area contributed by atoms with E-state index in [1.807, 2.05) is 0 Å². The van der Waals surface area contributed by atoms with Gasteiger partial charge in [-0.25, -0.2) is 0 Å². The fraction of sp³-hybridized carbons (Fsp3) is 1.00. The number of rotatable bonds is 8. The molecule has 0 radical (unpaired) electrons. The summed E-state index contributed by atoms with van der Waals surface area (Å²) in [6, 6.07) is 0. The Bertz CT molecular complexity index is 576. The molecule has 0 aromatic carbocycles. The summed E-state index contributed by atoms with van der Waals surface area (Å²) in [5.74, 6) is 6.60. The molecule has 0 nitrogen and oxygen atoms in total. The first-order valence-electron chi connectivity index (χ1n) is 16.6. The van der Waals surface area contributed by atoms with Crippen LogP contribution in [-0.2, 0) is 0 Å². The van der Waals surface area contributed by atoms with E-state index in [0.29, 0.717) is 0 Å². The highest BCUT2D eigenvalue weighted by Crippen LogP contribution is 2.67. The van der Waals surface area contributed by atoms with Crippen LogP contribution in [-0.4, -0.2) is 0 Å². The average Bonchev–Trinajstić information content (AvgIpc) is 2.86. The van der Waals surface area contributed by atoms with E-state index in [-0.39, 0.29) is 0 Å². The van der Waals surface area contributed by atoms with Crippen LogP contribution in [0.5, 0.6) is 0 Å². The number of unbranched alkanes of at least 4 members (excludes halogenated alkanes) is 2. The third-order valence-electron chi connectivity index (χ3n) is 12.7. The standard InChI is InChI=1S/C34H60/c1-3-5-6-8-28-11-15-30(16-12-28)32-19-23-34(24-20-32)25-33(26-34)21-17-31(18-22-33)29-13-9-27(7-4-2)10-14-29/h27-32H,3-26H2,1-2H3. The van der Waals surface area contributed by atoms with Crippen molar-refractivity contribution in [2.45, 2.75) is 168 Å². The zero-order valence-electron chi connectivity index (χ0n) is 23.4. The Morgan fingerprint density at radius 2 is 0.853 bits per heavy atom. The summed E-state index contributed by atoms with van der Waals surface area (Å²) in [4.78, 5) is 0. The first-order chi connectivity index (χ1) is 16.6. The summed E-state index contributed by atoms with van der Waals surface area (Å²) in [7, 11) is 0. The van der Waals surface area contributed by atoms with Gasteiger partial charge in [0.25, 0.3) is 0 Å². The van der Waals surface area contributed by atoms with E-state index in [1.165, 1.54) is 38.5 Å². The lowest BCUT2D eigenvalue weighted by molar-refractivity contribution is -0.109. The van der Waals surface area contributed by atoms with Crippen LogP contribution in [0.1, 0.15) is 168 Å². The molecule has 0 bridgehead atoms. The molecule has 5 rings (SSSR count). The van der Waals surface area contributed by atoms with E-state index in [2.05, 4.69) is 13.8 Å². The van der Waals surface area contributed by atoms with Gasteiger partial charge in [0.05, 0.1) is 0 Å². The van der Waals surface area contributed by atoms with Crippen LogP contribution in [0.15, 0.2) is 0 Å². The zero-order valence-corrected chi connectivity index (χ0v) is 23.4. The summed E-state index contributed by atoms with van der Waals surface area (Å²) in [6.45, 7) is 4.73. The van der Waals surface area contributed by atoms with Crippen molar-refractivity contribution in [1.82, 2.24) is 0 Å². The minimum absolute atomic E-state index is 0.818. The number of hydrogen-bond donors (Lipinski definition) is 0. The molecule has 0 amide bonds. The highest BCUT2D eigenvalue weighted by atomic mass is 14.6. The van der Waals surface area contributed by atoms with Crippen LogP contribution in [0.3, 0.4) is 0 Å². The number of hydrogen-bond acceptors (Lipinski definition) is 0. The van der Waals surface area contributed by atoms with Gasteiger partial charge in [-0.15, -0.1) is 0 Å². The first-order valence-corrected chi connectivity index (χ1v) is 16.6. The Morgan fingerprint density at radius 3 is 1.26 bits per heavy atom. The van der Waals surface area contributed by atoms with E-state index >= 15 is 0 Å². The third-order valence-corrected chi connectivity index (χ3v) is 12.7. The first kappa shape index (κ1) is 25.6. The van der Waals surface area contributed by atoms with Gasteiger partial charge < -0.3 is 0 Å². The maximum absolute atomic E-state index is 2.38. The third kappa shape index (κ3) is 5.93. The lowest BCUT2D eigenvalue weighted by atomic mass is 9.43. The molecule has 0 aromatic heterocycles. The Labute approximate surface area is 214 Å². The molecule has 5 saturated carbocycles. The van der Waals surface area contributed by atoms with Crippen LogP contribution in [0, 0.1) is 46.3 Å². The van der Waals surface area contributed by atoms with Gasteiger partial charge >= 0.3 is 0 Å². The van der Waals surface area contributed by atoms with Crippen molar-refractivity contribution in [2.75, 3.05) is 0 Å². The zero-order chi connectivity index (χ0) is 23.4. The topological polar surface area (TPSA) is 0 Å². The molecule has 5 aliphatic carbocycles. The lowest BCUT2D eigenvalue weighted by Crippen LogP contribution is -2.50. The fourth-order valence-corrected chi connectivity index (χ4v) is 10.7. The summed E-state index contributed by atoms with van der Waals surface area (Å²) >= 11 is 0. The molecular formula is C34H60. The van der Waals surface area contributed by atoms with Gasteiger partial charge in [-0.2, -0.15) is 0 Å². The predicted octanol–water partition coefficient (Wildman–Crippen LogP) is 11.1. The van der Waals surface area contributed by atoms with E-state index in [9.17, 15) is 0 Å². The largest absolute Gasteiger partial charge is 0.0654 e. The van der Waals surface area contributed by atoms with E-state index in [1.54, 1.807) is 116 Å². The van der Waals surface area contributed by atoms with Crippen LogP contribution in [0.2, 0.25) is 0 Å². The fourth-order valence-electron chi connectivity index (χ4n) is 10.7. The Hall–Kier alpha value is 0. The normalized spacial score (nSPS) is 45.4. The molecule has 0 heterocycles. The monoisotopic (exact) mass is 468 g/mol. The summed E-state index contributed by atoms with van der Waals surface area (Å²) in [5, 5.41) is 0. The summed E-state index contributed by atoms with van der Waals surface area (Å²) in [6.07, 6.45) is 37.5. The van der Waals surface area contributed by atoms with Crippen molar-refractivity contribution in [1.29, 1.82) is 0 Å². The molecule has 5 fully saturated rings. The molecule has 0 N–H and O–H groups in total. The van der Waals surface area contributed by atoms with Crippen molar-refractivity contribution in [2.24, 2.45) is 46.3 Å². The molecule has 196 valence electrons. The molecule has 0 aliphatic heterocycles. The quantitative estimate of drug-likeness (QED) is 0.311. The molecule has 0 heteroatoms. The van der Waals surface area contributed by atoms with Gasteiger partial charge in [0.15, 0.2) is 0 Å². The predicted molar refractivity (Wildman–Crippen MR) is 148 cm³/mol.